The predicted octanol–water partition coefficient (Wildman–Crippen LogP) is 5.31. The number of fused-ring (bicyclic) bond motifs is 1. The number of hydrogen-bond donors (Lipinski definition) is 1. The van der Waals surface area contributed by atoms with Crippen LogP contribution in [0.2, 0.25) is 0 Å². The Morgan fingerprint density at radius 2 is 1.37 bits per heavy atom. The third-order valence-corrected chi connectivity index (χ3v) is 4.34. The second kappa shape index (κ2) is 7.67. The van der Waals surface area contributed by atoms with Crippen LogP contribution in [0.3, 0.4) is 0 Å². The van der Waals surface area contributed by atoms with Gasteiger partial charge in [-0.25, -0.2) is 0 Å². The van der Waals surface area contributed by atoms with Crippen LogP contribution in [0.1, 0.15) is 11.1 Å². The smallest absolute Gasteiger partial charge is 0.249 e. The Kier molecular flexibility index (Phi) is 4.75. The topological polar surface area (TPSA) is 42.0 Å². The molecule has 0 bridgehead atoms. The van der Waals surface area contributed by atoms with Crippen LogP contribution in [-0.2, 0) is 4.79 Å². The molecule has 3 aromatic carbocycles. The van der Waals surface area contributed by atoms with Gasteiger partial charge in [-0.3, -0.25) is 9.78 Å². The number of carbonyl (C=O) groups excluding carboxylic acids is 1. The highest BCUT2D eigenvalue weighted by Gasteiger charge is 2.09. The first-order valence-electron chi connectivity index (χ1n) is 8.78. The van der Waals surface area contributed by atoms with E-state index < -0.39 is 0 Å². The molecule has 3 heteroatoms. The molecule has 0 aliphatic heterocycles. The molecule has 4 rings (SSSR count). The fourth-order valence-corrected chi connectivity index (χ4v) is 3.07. The van der Waals surface area contributed by atoms with Crippen molar-refractivity contribution in [1.82, 2.24) is 4.98 Å². The van der Waals surface area contributed by atoms with Crippen LogP contribution in [-0.4, -0.2) is 10.9 Å². The summed E-state index contributed by atoms with van der Waals surface area (Å²) in [6, 6.07) is 29.5. The number of anilines is 1. The fraction of sp³-hybridized carbons (Fsp3) is 0. The van der Waals surface area contributed by atoms with E-state index in [0.29, 0.717) is 5.69 Å². The summed E-state index contributed by atoms with van der Waals surface area (Å²) in [5, 5.41) is 3.97. The van der Waals surface area contributed by atoms with Gasteiger partial charge in [0.1, 0.15) is 0 Å². The van der Waals surface area contributed by atoms with Crippen LogP contribution in [0.25, 0.3) is 16.5 Å². The number of amides is 1. The Morgan fingerprint density at radius 1 is 0.741 bits per heavy atom. The molecule has 3 nitrogen and oxygen atoms in total. The Balaban J connectivity index is 1.71. The van der Waals surface area contributed by atoms with Gasteiger partial charge in [0.05, 0.1) is 11.2 Å². The average Bonchev–Trinajstić information content (AvgIpc) is 2.73. The average molecular weight is 350 g/mol. The quantitative estimate of drug-likeness (QED) is 0.507. The molecular formula is C24H18N2O. The first-order valence-corrected chi connectivity index (χ1v) is 8.78. The molecule has 130 valence electrons. The van der Waals surface area contributed by atoms with Crippen molar-refractivity contribution in [1.29, 1.82) is 0 Å². The Hall–Kier alpha value is -3.72. The lowest BCUT2D eigenvalue weighted by molar-refractivity contribution is -0.111. The standard InChI is InChI=1S/C24H18N2O/c27-23(26-22-15-7-13-20-14-8-16-25-24(20)22)17-21(18-9-3-1-4-10-18)19-11-5-2-6-12-19/h1-17H,(H,26,27). The monoisotopic (exact) mass is 350 g/mol. The molecule has 0 saturated carbocycles. The Labute approximate surface area is 158 Å². The highest BCUT2D eigenvalue weighted by molar-refractivity contribution is 6.09. The molecule has 0 aliphatic carbocycles. The molecule has 0 atom stereocenters. The Morgan fingerprint density at radius 3 is 2.04 bits per heavy atom. The summed E-state index contributed by atoms with van der Waals surface area (Å²) in [4.78, 5) is 17.2. The highest BCUT2D eigenvalue weighted by atomic mass is 16.1. The van der Waals surface area contributed by atoms with Gasteiger partial charge in [0.25, 0.3) is 0 Å². The largest absolute Gasteiger partial charge is 0.321 e. The summed E-state index contributed by atoms with van der Waals surface area (Å²) < 4.78 is 0. The third-order valence-electron chi connectivity index (χ3n) is 4.34. The van der Waals surface area contributed by atoms with Crippen LogP contribution in [0.5, 0.6) is 0 Å². The number of aromatic nitrogens is 1. The zero-order chi connectivity index (χ0) is 18.5. The maximum atomic E-state index is 12.8. The zero-order valence-electron chi connectivity index (χ0n) is 14.7. The number of nitrogens with one attached hydrogen (secondary N) is 1. The first kappa shape index (κ1) is 16.7. The molecule has 1 N–H and O–H groups in total. The molecule has 0 spiro atoms. The maximum Gasteiger partial charge on any atom is 0.249 e. The lowest BCUT2D eigenvalue weighted by Crippen LogP contribution is -2.10. The van der Waals surface area contributed by atoms with Crippen molar-refractivity contribution in [3.63, 3.8) is 0 Å². The summed E-state index contributed by atoms with van der Waals surface area (Å²) >= 11 is 0. The van der Waals surface area contributed by atoms with Crippen molar-refractivity contribution in [2.45, 2.75) is 0 Å². The second-order valence-electron chi connectivity index (χ2n) is 6.16. The first-order chi connectivity index (χ1) is 13.3. The van der Waals surface area contributed by atoms with Crippen LogP contribution in [0.15, 0.2) is 103 Å². The van der Waals surface area contributed by atoms with E-state index in [4.69, 9.17) is 0 Å². The van der Waals surface area contributed by atoms with E-state index >= 15 is 0 Å². The van der Waals surface area contributed by atoms with Gasteiger partial charge in [-0.05, 0) is 28.8 Å². The minimum absolute atomic E-state index is 0.184. The van der Waals surface area contributed by atoms with Gasteiger partial charge in [-0.15, -0.1) is 0 Å². The molecule has 27 heavy (non-hydrogen) atoms. The minimum Gasteiger partial charge on any atom is -0.321 e. The number of hydrogen-bond acceptors (Lipinski definition) is 2. The van der Waals surface area contributed by atoms with E-state index in [9.17, 15) is 4.79 Å². The summed E-state index contributed by atoms with van der Waals surface area (Å²) in [5.74, 6) is -0.184. The summed E-state index contributed by atoms with van der Waals surface area (Å²) in [5.41, 5.74) is 4.35. The van der Waals surface area contributed by atoms with Crippen molar-refractivity contribution in [3.05, 3.63) is 114 Å². The van der Waals surface area contributed by atoms with Crippen molar-refractivity contribution >= 4 is 28.1 Å². The summed E-state index contributed by atoms with van der Waals surface area (Å²) in [6.07, 6.45) is 3.37. The number of carbonyl (C=O) groups is 1. The van der Waals surface area contributed by atoms with Gasteiger partial charge in [0.15, 0.2) is 0 Å². The van der Waals surface area contributed by atoms with Crippen molar-refractivity contribution < 1.29 is 4.79 Å². The van der Waals surface area contributed by atoms with Crippen LogP contribution < -0.4 is 5.32 Å². The van der Waals surface area contributed by atoms with Gasteiger partial charge < -0.3 is 5.32 Å². The minimum atomic E-state index is -0.184. The second-order valence-corrected chi connectivity index (χ2v) is 6.16. The van der Waals surface area contributed by atoms with Gasteiger partial charge in [0, 0.05) is 17.7 Å². The van der Waals surface area contributed by atoms with Crippen molar-refractivity contribution in [3.8, 4) is 0 Å². The van der Waals surface area contributed by atoms with Crippen molar-refractivity contribution in [2.75, 3.05) is 5.32 Å². The van der Waals surface area contributed by atoms with Crippen LogP contribution >= 0.6 is 0 Å². The van der Waals surface area contributed by atoms with Gasteiger partial charge in [-0.2, -0.15) is 0 Å². The lowest BCUT2D eigenvalue weighted by atomic mass is 9.97. The predicted molar refractivity (Wildman–Crippen MR) is 110 cm³/mol. The molecule has 0 aliphatic rings. The van der Waals surface area contributed by atoms with E-state index in [0.717, 1.165) is 27.6 Å². The Bertz CT molecular complexity index is 1060. The molecular weight excluding hydrogens is 332 g/mol. The SMILES string of the molecule is O=C(C=C(c1ccccc1)c1ccccc1)Nc1cccc2cccnc12. The highest BCUT2D eigenvalue weighted by Crippen LogP contribution is 2.24. The van der Waals surface area contributed by atoms with Gasteiger partial charge in [0.2, 0.25) is 5.91 Å². The number of nitrogens with zero attached hydrogens (tertiary/aromatic N) is 1. The van der Waals surface area contributed by atoms with Crippen molar-refractivity contribution in [2.24, 2.45) is 0 Å². The molecule has 1 amide bonds. The molecule has 1 heterocycles. The lowest BCUT2D eigenvalue weighted by Gasteiger charge is -2.10. The summed E-state index contributed by atoms with van der Waals surface area (Å²) in [6.45, 7) is 0. The molecule has 0 saturated heterocycles. The molecule has 0 radical (unpaired) electrons. The summed E-state index contributed by atoms with van der Waals surface area (Å²) in [7, 11) is 0. The van der Waals surface area contributed by atoms with E-state index in [1.165, 1.54) is 0 Å². The van der Waals surface area contributed by atoms with Crippen LogP contribution in [0, 0.1) is 0 Å². The molecule has 4 aromatic rings. The normalized spacial score (nSPS) is 10.4. The fourth-order valence-electron chi connectivity index (χ4n) is 3.07. The number of para-hydroxylation sites is 1. The van der Waals surface area contributed by atoms with E-state index in [1.807, 2.05) is 91.0 Å². The maximum absolute atomic E-state index is 12.8. The zero-order valence-corrected chi connectivity index (χ0v) is 14.7. The van der Waals surface area contributed by atoms with E-state index in [2.05, 4.69) is 10.3 Å². The van der Waals surface area contributed by atoms with Gasteiger partial charge in [-0.1, -0.05) is 78.9 Å². The molecule has 0 unspecified atom stereocenters. The third kappa shape index (κ3) is 3.77. The molecule has 1 aromatic heterocycles. The number of pyridine rings is 1. The van der Waals surface area contributed by atoms with Gasteiger partial charge >= 0.3 is 0 Å². The number of benzene rings is 3. The van der Waals surface area contributed by atoms with Crippen LogP contribution in [0.4, 0.5) is 5.69 Å². The number of rotatable bonds is 4. The molecule has 0 fully saturated rings. The van der Waals surface area contributed by atoms with E-state index in [-0.39, 0.29) is 5.91 Å². The van der Waals surface area contributed by atoms with E-state index in [1.54, 1.807) is 12.3 Å².